The summed E-state index contributed by atoms with van der Waals surface area (Å²) in [5, 5.41) is 1.15. The van der Waals surface area contributed by atoms with Crippen LogP contribution in [0.4, 0.5) is 5.13 Å². The number of rotatable bonds is 6. The van der Waals surface area contributed by atoms with E-state index in [2.05, 4.69) is 18.9 Å². The molecule has 2 N–H and O–H groups in total. The van der Waals surface area contributed by atoms with Crippen LogP contribution in [0, 0.1) is 5.92 Å². The molecule has 1 aromatic rings. The van der Waals surface area contributed by atoms with Crippen LogP contribution < -0.4 is 10.6 Å². The summed E-state index contributed by atoms with van der Waals surface area (Å²) in [6, 6.07) is 0. The maximum Gasteiger partial charge on any atom is 0.185 e. The Kier molecular flexibility index (Phi) is 4.40. The summed E-state index contributed by atoms with van der Waals surface area (Å²) in [6.07, 6.45) is 6.39. The molecule has 0 unspecified atom stereocenters. The van der Waals surface area contributed by atoms with E-state index >= 15 is 0 Å². The van der Waals surface area contributed by atoms with Gasteiger partial charge >= 0.3 is 0 Å². The Morgan fingerprint density at radius 3 is 2.76 bits per heavy atom. The first-order valence-electron chi connectivity index (χ1n) is 6.64. The quantitative estimate of drug-likeness (QED) is 0.847. The average molecular weight is 253 g/mol. The van der Waals surface area contributed by atoms with E-state index < -0.39 is 0 Å². The monoisotopic (exact) mass is 253 g/mol. The van der Waals surface area contributed by atoms with E-state index in [-0.39, 0.29) is 0 Å². The third-order valence-electron chi connectivity index (χ3n) is 3.52. The number of aryl methyl sites for hydroxylation is 1. The van der Waals surface area contributed by atoms with Gasteiger partial charge in [-0.25, -0.2) is 4.98 Å². The van der Waals surface area contributed by atoms with Gasteiger partial charge < -0.3 is 10.6 Å². The van der Waals surface area contributed by atoms with Gasteiger partial charge in [-0.05, 0) is 25.2 Å². The number of hydrogen-bond acceptors (Lipinski definition) is 4. The van der Waals surface area contributed by atoms with Crippen LogP contribution >= 0.6 is 11.3 Å². The van der Waals surface area contributed by atoms with Crippen LogP contribution in [0.15, 0.2) is 0 Å². The predicted octanol–water partition coefficient (Wildman–Crippen LogP) is 2.79. The van der Waals surface area contributed by atoms with E-state index in [1.165, 1.54) is 29.8 Å². The van der Waals surface area contributed by atoms with Crippen molar-refractivity contribution in [3.05, 3.63) is 10.6 Å². The summed E-state index contributed by atoms with van der Waals surface area (Å²) in [5.41, 5.74) is 7.00. The highest BCUT2D eigenvalue weighted by Crippen LogP contribution is 2.31. The second-order valence-corrected chi connectivity index (χ2v) is 6.06. The van der Waals surface area contributed by atoms with Gasteiger partial charge in [-0.3, -0.25) is 0 Å². The molecular weight excluding hydrogens is 230 g/mol. The Morgan fingerprint density at radius 1 is 1.47 bits per heavy atom. The molecule has 0 bridgehead atoms. The van der Waals surface area contributed by atoms with Crippen LogP contribution in [-0.4, -0.2) is 18.6 Å². The first-order valence-corrected chi connectivity index (χ1v) is 7.46. The van der Waals surface area contributed by atoms with Crippen LogP contribution in [0.1, 0.15) is 43.2 Å². The maximum atomic E-state index is 5.78. The van der Waals surface area contributed by atoms with Crippen molar-refractivity contribution in [3.63, 3.8) is 0 Å². The third-order valence-corrected chi connectivity index (χ3v) is 4.76. The lowest BCUT2D eigenvalue weighted by atomic mass is 9.85. The molecular formula is C13H23N3S. The molecule has 3 nitrogen and oxygen atoms in total. The zero-order valence-corrected chi connectivity index (χ0v) is 11.7. The van der Waals surface area contributed by atoms with Gasteiger partial charge in [-0.1, -0.05) is 19.8 Å². The van der Waals surface area contributed by atoms with Gasteiger partial charge in [-0.2, -0.15) is 0 Å². The van der Waals surface area contributed by atoms with Crippen molar-refractivity contribution in [1.29, 1.82) is 0 Å². The van der Waals surface area contributed by atoms with Gasteiger partial charge in [0.25, 0.3) is 0 Å². The zero-order valence-electron chi connectivity index (χ0n) is 10.9. The Hall–Kier alpha value is -0.610. The molecule has 96 valence electrons. The van der Waals surface area contributed by atoms with Crippen molar-refractivity contribution in [2.24, 2.45) is 11.7 Å². The predicted molar refractivity (Wildman–Crippen MR) is 74.6 cm³/mol. The van der Waals surface area contributed by atoms with Crippen molar-refractivity contribution in [3.8, 4) is 0 Å². The molecule has 0 radical (unpaired) electrons. The van der Waals surface area contributed by atoms with Crippen molar-refractivity contribution in [1.82, 2.24) is 4.98 Å². The molecule has 17 heavy (non-hydrogen) atoms. The smallest absolute Gasteiger partial charge is 0.185 e. The molecule has 0 saturated heterocycles. The molecule has 0 spiro atoms. The van der Waals surface area contributed by atoms with E-state index in [0.717, 1.165) is 30.4 Å². The molecule has 2 rings (SSSR count). The Labute approximate surface area is 108 Å². The normalized spacial score (nSPS) is 15.9. The SMILES string of the molecule is CCCc1nc(N(C)CC2CCC2)sc1CN. The molecule has 1 aromatic heterocycles. The molecule has 1 aliphatic rings. The van der Waals surface area contributed by atoms with E-state index in [1.54, 1.807) is 11.3 Å². The summed E-state index contributed by atoms with van der Waals surface area (Å²) in [5.74, 6) is 0.889. The summed E-state index contributed by atoms with van der Waals surface area (Å²) < 4.78 is 0. The third kappa shape index (κ3) is 2.99. The van der Waals surface area contributed by atoms with E-state index in [4.69, 9.17) is 10.7 Å². The molecule has 4 heteroatoms. The lowest BCUT2D eigenvalue weighted by Crippen LogP contribution is -2.29. The molecule has 1 heterocycles. The topological polar surface area (TPSA) is 42.2 Å². The van der Waals surface area contributed by atoms with Gasteiger partial charge in [0.15, 0.2) is 5.13 Å². The second kappa shape index (κ2) is 5.83. The number of hydrogen-bond donors (Lipinski definition) is 1. The largest absolute Gasteiger partial charge is 0.351 e. The van der Waals surface area contributed by atoms with Gasteiger partial charge in [-0.15, -0.1) is 11.3 Å². The number of anilines is 1. The Morgan fingerprint density at radius 2 is 2.24 bits per heavy atom. The van der Waals surface area contributed by atoms with Gasteiger partial charge in [0, 0.05) is 25.0 Å². The number of aromatic nitrogens is 1. The van der Waals surface area contributed by atoms with Gasteiger partial charge in [0.1, 0.15) is 0 Å². The van der Waals surface area contributed by atoms with Gasteiger partial charge in [0.05, 0.1) is 5.69 Å². The van der Waals surface area contributed by atoms with Crippen molar-refractivity contribution < 1.29 is 0 Å². The van der Waals surface area contributed by atoms with Crippen LogP contribution in [0.25, 0.3) is 0 Å². The minimum Gasteiger partial charge on any atom is -0.351 e. The summed E-state index contributed by atoms with van der Waals surface area (Å²) in [4.78, 5) is 8.32. The number of nitrogens with zero attached hydrogens (tertiary/aromatic N) is 2. The summed E-state index contributed by atoms with van der Waals surface area (Å²) >= 11 is 1.77. The van der Waals surface area contributed by atoms with Crippen molar-refractivity contribution in [2.45, 2.75) is 45.6 Å². The molecule has 0 aromatic carbocycles. The first kappa shape index (κ1) is 12.8. The van der Waals surface area contributed by atoms with Crippen molar-refractivity contribution >= 4 is 16.5 Å². The summed E-state index contributed by atoms with van der Waals surface area (Å²) in [6.45, 7) is 3.98. The number of thiazole rings is 1. The van der Waals surface area contributed by atoms with Crippen LogP contribution in [-0.2, 0) is 13.0 Å². The van der Waals surface area contributed by atoms with E-state index in [0.29, 0.717) is 6.54 Å². The number of nitrogens with two attached hydrogens (primary N) is 1. The molecule has 1 aliphatic carbocycles. The van der Waals surface area contributed by atoms with Crippen LogP contribution in [0.3, 0.4) is 0 Å². The lowest BCUT2D eigenvalue weighted by Gasteiger charge is -2.29. The highest BCUT2D eigenvalue weighted by Gasteiger charge is 2.21. The molecule has 0 aliphatic heterocycles. The molecule has 0 atom stereocenters. The van der Waals surface area contributed by atoms with Crippen molar-refractivity contribution in [2.75, 3.05) is 18.5 Å². The fraction of sp³-hybridized carbons (Fsp3) is 0.769. The first-order chi connectivity index (χ1) is 8.24. The fourth-order valence-electron chi connectivity index (χ4n) is 2.27. The minimum absolute atomic E-state index is 0.629. The van der Waals surface area contributed by atoms with Crippen LogP contribution in [0.2, 0.25) is 0 Å². The minimum atomic E-state index is 0.629. The molecule has 1 saturated carbocycles. The highest BCUT2D eigenvalue weighted by atomic mass is 32.1. The lowest BCUT2D eigenvalue weighted by molar-refractivity contribution is 0.321. The highest BCUT2D eigenvalue weighted by molar-refractivity contribution is 7.15. The average Bonchev–Trinajstić information content (AvgIpc) is 2.67. The Bertz CT molecular complexity index is 358. The van der Waals surface area contributed by atoms with Crippen LogP contribution in [0.5, 0.6) is 0 Å². The molecule has 1 fully saturated rings. The standard InChI is InChI=1S/C13H23N3S/c1-3-5-11-12(8-14)17-13(15-11)16(2)9-10-6-4-7-10/h10H,3-9,14H2,1-2H3. The second-order valence-electron chi connectivity index (χ2n) is 5.00. The zero-order chi connectivity index (χ0) is 12.3. The Balaban J connectivity index is 2.03. The van der Waals surface area contributed by atoms with E-state index in [9.17, 15) is 0 Å². The molecule has 0 amide bonds. The fourth-order valence-corrected chi connectivity index (χ4v) is 3.22. The van der Waals surface area contributed by atoms with Gasteiger partial charge in [0.2, 0.25) is 0 Å². The van der Waals surface area contributed by atoms with E-state index in [1.807, 2.05) is 0 Å². The summed E-state index contributed by atoms with van der Waals surface area (Å²) in [7, 11) is 2.16. The maximum absolute atomic E-state index is 5.78.